The zero-order chi connectivity index (χ0) is 9.23. The Labute approximate surface area is 73.8 Å². The fourth-order valence-corrected chi connectivity index (χ4v) is 0.879. The molecule has 0 rings (SSSR count). The first-order valence-electron chi connectivity index (χ1n) is 4.15. The van der Waals surface area contributed by atoms with Crippen molar-refractivity contribution in [3.8, 4) is 6.07 Å². The molecule has 1 atom stereocenters. The highest BCUT2D eigenvalue weighted by molar-refractivity contribution is 5.01. The predicted molar refractivity (Wildman–Crippen MR) is 49.4 cm³/mol. The minimum atomic E-state index is -0.258. The molecule has 12 heavy (non-hydrogen) atoms. The lowest BCUT2D eigenvalue weighted by Gasteiger charge is -2.05. The highest BCUT2D eigenvalue weighted by Crippen LogP contribution is 2.05. The number of nitriles is 1. The molecule has 2 heteroatoms. The van der Waals surface area contributed by atoms with E-state index >= 15 is 0 Å². The Balaban J connectivity index is 3.31. The highest BCUT2D eigenvalue weighted by Gasteiger charge is 1.99. The molecule has 0 bridgehead atoms. The predicted octanol–water partition coefficient (Wildman–Crippen LogP) is 2.17. The lowest BCUT2D eigenvalue weighted by atomic mass is 10.1. The van der Waals surface area contributed by atoms with Crippen LogP contribution in [0.4, 0.5) is 0 Å². The van der Waals surface area contributed by atoms with Crippen LogP contribution in [-0.2, 0) is 0 Å². The highest BCUT2D eigenvalue weighted by atomic mass is 16.3. The van der Waals surface area contributed by atoms with Crippen LogP contribution in [0.3, 0.4) is 0 Å². The van der Waals surface area contributed by atoms with Crippen LogP contribution in [0.15, 0.2) is 24.8 Å². The number of hydrogen-bond acceptors (Lipinski definition) is 2. The number of nitrogens with zero attached hydrogens (tertiary/aromatic N) is 1. The number of aliphatic hydroxyl groups is 1. The van der Waals surface area contributed by atoms with Crippen molar-refractivity contribution < 1.29 is 5.11 Å². The molecular formula is C10H15NO. The maximum atomic E-state index is 9.32. The summed E-state index contributed by atoms with van der Waals surface area (Å²) in [4.78, 5) is 0. The Bertz CT molecular complexity index is 179. The number of rotatable bonds is 6. The van der Waals surface area contributed by atoms with E-state index in [1.807, 2.05) is 6.07 Å². The first-order chi connectivity index (χ1) is 5.81. The molecule has 0 aromatic heterocycles. The van der Waals surface area contributed by atoms with E-state index < -0.39 is 0 Å². The van der Waals surface area contributed by atoms with Crippen LogP contribution in [0.25, 0.3) is 0 Å². The van der Waals surface area contributed by atoms with E-state index in [1.165, 1.54) is 6.08 Å². The van der Waals surface area contributed by atoms with Gasteiger partial charge < -0.3 is 5.11 Å². The molecule has 0 aliphatic heterocycles. The second-order valence-corrected chi connectivity index (χ2v) is 2.63. The average molecular weight is 165 g/mol. The van der Waals surface area contributed by atoms with Crippen molar-refractivity contribution in [3.63, 3.8) is 0 Å². The van der Waals surface area contributed by atoms with Crippen molar-refractivity contribution in [2.75, 3.05) is 0 Å². The normalized spacial score (nSPS) is 12.7. The third-order valence-corrected chi connectivity index (χ3v) is 1.56. The topological polar surface area (TPSA) is 44.0 Å². The van der Waals surface area contributed by atoms with Gasteiger partial charge in [0.15, 0.2) is 0 Å². The summed E-state index contributed by atoms with van der Waals surface area (Å²) in [6.07, 6.45) is 7.88. The van der Waals surface area contributed by atoms with Gasteiger partial charge in [-0.05, 0) is 25.7 Å². The lowest BCUT2D eigenvalue weighted by molar-refractivity contribution is 0.157. The molecular weight excluding hydrogens is 150 g/mol. The first-order valence-corrected chi connectivity index (χ1v) is 4.15. The van der Waals surface area contributed by atoms with Gasteiger partial charge in [0.25, 0.3) is 0 Å². The van der Waals surface area contributed by atoms with Crippen molar-refractivity contribution in [3.05, 3.63) is 24.8 Å². The van der Waals surface area contributed by atoms with Gasteiger partial charge in [-0.25, -0.2) is 0 Å². The van der Waals surface area contributed by atoms with Crippen LogP contribution in [0.1, 0.15) is 25.7 Å². The molecule has 0 amide bonds. The Kier molecular flexibility index (Phi) is 7.31. The van der Waals surface area contributed by atoms with Crippen LogP contribution in [-0.4, -0.2) is 11.2 Å². The van der Waals surface area contributed by atoms with Crippen LogP contribution < -0.4 is 0 Å². The van der Waals surface area contributed by atoms with Crippen molar-refractivity contribution in [2.45, 2.75) is 31.8 Å². The third kappa shape index (κ3) is 7.04. The van der Waals surface area contributed by atoms with Crippen molar-refractivity contribution in [2.24, 2.45) is 0 Å². The summed E-state index contributed by atoms with van der Waals surface area (Å²) < 4.78 is 0. The van der Waals surface area contributed by atoms with Crippen LogP contribution in [0.5, 0.6) is 0 Å². The smallest absolute Gasteiger partial charge is 0.0908 e. The van der Waals surface area contributed by atoms with Gasteiger partial charge in [-0.2, -0.15) is 5.26 Å². The number of allylic oxidation sites excluding steroid dienone is 3. The maximum Gasteiger partial charge on any atom is 0.0908 e. The summed E-state index contributed by atoms with van der Waals surface area (Å²) in [6.45, 7) is 3.57. The summed E-state index contributed by atoms with van der Waals surface area (Å²) in [5.41, 5.74) is 0. The number of hydrogen-bond donors (Lipinski definition) is 1. The van der Waals surface area contributed by atoms with Gasteiger partial charge in [-0.1, -0.05) is 12.2 Å². The molecule has 0 fully saturated rings. The van der Waals surface area contributed by atoms with Gasteiger partial charge in [0, 0.05) is 6.08 Å². The zero-order valence-corrected chi connectivity index (χ0v) is 7.24. The van der Waals surface area contributed by atoms with Gasteiger partial charge in [0.2, 0.25) is 0 Å². The minimum Gasteiger partial charge on any atom is -0.393 e. The van der Waals surface area contributed by atoms with E-state index in [0.717, 1.165) is 25.7 Å². The summed E-state index contributed by atoms with van der Waals surface area (Å²) in [6, 6.07) is 1.91. The Hall–Kier alpha value is -1.07. The van der Waals surface area contributed by atoms with E-state index in [0.29, 0.717) is 0 Å². The van der Waals surface area contributed by atoms with Crippen LogP contribution >= 0.6 is 0 Å². The minimum absolute atomic E-state index is 0.258. The molecule has 0 unspecified atom stereocenters. The molecule has 1 N–H and O–H groups in total. The van der Waals surface area contributed by atoms with E-state index in [2.05, 4.69) is 6.58 Å². The van der Waals surface area contributed by atoms with Gasteiger partial charge in [-0.3, -0.25) is 0 Å². The SMILES string of the molecule is C=CCC[C@H](O)CC/C=C/C#N. The first kappa shape index (κ1) is 10.9. The van der Waals surface area contributed by atoms with Crippen LogP contribution in [0.2, 0.25) is 0 Å². The monoisotopic (exact) mass is 165 g/mol. The Morgan fingerprint density at radius 3 is 2.67 bits per heavy atom. The standard InChI is InChI=1S/C10H15NO/c1-2-3-7-10(12)8-5-4-6-9-11/h2,4,6,10,12H,1,3,5,7-8H2/b6-4+/t10-/m0/s1. The third-order valence-electron chi connectivity index (χ3n) is 1.56. The van der Waals surface area contributed by atoms with E-state index in [9.17, 15) is 5.11 Å². The lowest BCUT2D eigenvalue weighted by Crippen LogP contribution is -2.04. The zero-order valence-electron chi connectivity index (χ0n) is 7.24. The van der Waals surface area contributed by atoms with E-state index in [-0.39, 0.29) is 6.10 Å². The molecule has 0 radical (unpaired) electrons. The van der Waals surface area contributed by atoms with Gasteiger partial charge in [-0.15, -0.1) is 6.58 Å². The van der Waals surface area contributed by atoms with Gasteiger partial charge in [0.1, 0.15) is 0 Å². The second-order valence-electron chi connectivity index (χ2n) is 2.63. The molecule has 0 saturated heterocycles. The summed E-state index contributed by atoms with van der Waals surface area (Å²) in [5, 5.41) is 17.5. The van der Waals surface area contributed by atoms with Gasteiger partial charge in [0.05, 0.1) is 12.2 Å². The van der Waals surface area contributed by atoms with Crippen LogP contribution in [0, 0.1) is 11.3 Å². The fourth-order valence-electron chi connectivity index (χ4n) is 0.879. The molecule has 0 aliphatic rings. The molecule has 0 spiro atoms. The average Bonchev–Trinajstić information content (AvgIpc) is 2.09. The molecule has 2 nitrogen and oxygen atoms in total. The molecule has 0 aliphatic carbocycles. The molecule has 0 heterocycles. The quantitative estimate of drug-likeness (QED) is 0.484. The van der Waals surface area contributed by atoms with Crippen molar-refractivity contribution in [1.29, 1.82) is 5.26 Å². The van der Waals surface area contributed by atoms with E-state index in [1.54, 1.807) is 12.2 Å². The maximum absolute atomic E-state index is 9.32. The summed E-state index contributed by atoms with van der Waals surface area (Å²) in [7, 11) is 0. The molecule has 0 aromatic rings. The second kappa shape index (κ2) is 8.03. The van der Waals surface area contributed by atoms with E-state index in [4.69, 9.17) is 5.26 Å². The van der Waals surface area contributed by atoms with Gasteiger partial charge >= 0.3 is 0 Å². The Morgan fingerprint density at radius 1 is 1.42 bits per heavy atom. The largest absolute Gasteiger partial charge is 0.393 e. The molecule has 66 valence electrons. The van der Waals surface area contributed by atoms with Crippen molar-refractivity contribution >= 4 is 0 Å². The fraction of sp³-hybridized carbons (Fsp3) is 0.500. The van der Waals surface area contributed by atoms with Crippen molar-refractivity contribution in [1.82, 2.24) is 0 Å². The summed E-state index contributed by atoms with van der Waals surface area (Å²) in [5.74, 6) is 0. The summed E-state index contributed by atoms with van der Waals surface area (Å²) >= 11 is 0. The molecule has 0 saturated carbocycles. The molecule has 0 aromatic carbocycles. The number of aliphatic hydroxyl groups excluding tert-OH is 1. The Morgan fingerprint density at radius 2 is 2.08 bits per heavy atom.